The number of rotatable bonds is 9. The van der Waals surface area contributed by atoms with Crippen molar-refractivity contribution in [2.45, 2.75) is 40.2 Å². The van der Waals surface area contributed by atoms with Crippen LogP contribution in [0.2, 0.25) is 0 Å². The third-order valence-electron chi connectivity index (χ3n) is 5.63. The van der Waals surface area contributed by atoms with E-state index in [4.69, 9.17) is 4.74 Å². The number of carbonyl (C=O) groups is 1. The maximum absolute atomic E-state index is 13.3. The highest BCUT2D eigenvalue weighted by Gasteiger charge is 2.18. The van der Waals surface area contributed by atoms with E-state index in [2.05, 4.69) is 15.4 Å². The topological polar surface area (TPSA) is 74.0 Å². The fourth-order valence-corrected chi connectivity index (χ4v) is 3.96. The minimum absolute atomic E-state index is 0.166. The zero-order valence-electron chi connectivity index (χ0n) is 19.1. The molecular formula is C25H28FN5O2. The summed E-state index contributed by atoms with van der Waals surface area (Å²) in [7, 11) is 0. The van der Waals surface area contributed by atoms with Crippen molar-refractivity contribution in [3.8, 4) is 5.69 Å². The van der Waals surface area contributed by atoms with Gasteiger partial charge in [0.25, 0.3) is 0 Å². The summed E-state index contributed by atoms with van der Waals surface area (Å²) in [6.07, 6.45) is 0.987. The first-order valence-corrected chi connectivity index (χ1v) is 11.1. The molecule has 0 bridgehead atoms. The minimum Gasteiger partial charge on any atom is -0.382 e. The second-order valence-corrected chi connectivity index (χ2v) is 7.89. The molecular weight excluding hydrogens is 421 g/mol. The number of ether oxygens (including phenoxy) is 1. The zero-order chi connectivity index (χ0) is 23.4. The van der Waals surface area contributed by atoms with Gasteiger partial charge in [-0.2, -0.15) is 5.10 Å². The van der Waals surface area contributed by atoms with Crippen LogP contribution >= 0.6 is 0 Å². The maximum atomic E-state index is 13.3. The Hall–Kier alpha value is -3.52. The van der Waals surface area contributed by atoms with Gasteiger partial charge in [0.1, 0.15) is 5.82 Å². The van der Waals surface area contributed by atoms with E-state index in [9.17, 15) is 9.18 Å². The number of carbonyl (C=O) groups excluding carboxylic acids is 1. The lowest BCUT2D eigenvalue weighted by Crippen LogP contribution is -2.19. The van der Waals surface area contributed by atoms with E-state index in [1.807, 2.05) is 49.6 Å². The zero-order valence-corrected chi connectivity index (χ0v) is 19.1. The Labute approximate surface area is 192 Å². The number of nitrogens with zero attached hydrogens (tertiary/aromatic N) is 4. The first-order chi connectivity index (χ1) is 16.0. The fourth-order valence-electron chi connectivity index (χ4n) is 3.96. The number of halogens is 1. The molecule has 1 amide bonds. The summed E-state index contributed by atoms with van der Waals surface area (Å²) in [4.78, 5) is 17.6. The number of fused-ring (bicyclic) bond motifs is 1. The third kappa shape index (κ3) is 4.96. The van der Waals surface area contributed by atoms with Gasteiger partial charge in [0.2, 0.25) is 11.9 Å². The van der Waals surface area contributed by atoms with E-state index in [0.717, 1.165) is 40.1 Å². The van der Waals surface area contributed by atoms with Crippen molar-refractivity contribution < 1.29 is 13.9 Å². The highest BCUT2D eigenvalue weighted by atomic mass is 19.1. The first kappa shape index (κ1) is 22.7. The van der Waals surface area contributed by atoms with Gasteiger partial charge in [0, 0.05) is 31.0 Å². The molecule has 2 heterocycles. The molecule has 0 radical (unpaired) electrons. The van der Waals surface area contributed by atoms with E-state index < -0.39 is 0 Å². The van der Waals surface area contributed by atoms with Crippen LogP contribution in [-0.4, -0.2) is 38.5 Å². The molecule has 33 heavy (non-hydrogen) atoms. The van der Waals surface area contributed by atoms with Gasteiger partial charge in [-0.15, -0.1) is 0 Å². The van der Waals surface area contributed by atoms with Crippen LogP contribution in [0.15, 0.2) is 48.5 Å². The van der Waals surface area contributed by atoms with Crippen molar-refractivity contribution in [2.24, 2.45) is 0 Å². The molecule has 7 nitrogen and oxygen atoms in total. The molecule has 0 aliphatic heterocycles. The van der Waals surface area contributed by atoms with Crippen LogP contribution in [0.4, 0.5) is 10.3 Å². The van der Waals surface area contributed by atoms with Gasteiger partial charge >= 0.3 is 0 Å². The van der Waals surface area contributed by atoms with E-state index in [0.29, 0.717) is 25.7 Å². The SMILES string of the molecule is CCOCCCn1c(NC(=O)Cc2c(C)nn(-c3ccc(F)cc3)c2C)nc2ccccc21. The molecule has 0 unspecified atom stereocenters. The van der Waals surface area contributed by atoms with Gasteiger partial charge in [0.05, 0.1) is 28.8 Å². The standard InChI is InChI=1S/C25H28FN5O2/c1-4-33-15-7-14-30-23-9-6-5-8-22(23)27-25(30)28-24(32)16-21-17(2)29-31(18(21)3)20-12-10-19(26)11-13-20/h5-6,8-13H,4,7,14-16H2,1-3H3,(H,27,28,32). The van der Waals surface area contributed by atoms with E-state index in [1.54, 1.807) is 16.8 Å². The molecule has 172 valence electrons. The molecule has 0 saturated heterocycles. The van der Waals surface area contributed by atoms with Crippen LogP contribution in [-0.2, 0) is 22.5 Å². The normalized spacial score (nSPS) is 11.3. The van der Waals surface area contributed by atoms with Crippen LogP contribution in [0.25, 0.3) is 16.7 Å². The molecule has 0 saturated carbocycles. The van der Waals surface area contributed by atoms with Crippen molar-refractivity contribution in [2.75, 3.05) is 18.5 Å². The Morgan fingerprint density at radius 3 is 2.64 bits per heavy atom. The number of anilines is 1. The van der Waals surface area contributed by atoms with Gasteiger partial charge in [-0.3, -0.25) is 10.1 Å². The molecule has 0 aliphatic carbocycles. The monoisotopic (exact) mass is 449 g/mol. The first-order valence-electron chi connectivity index (χ1n) is 11.1. The predicted octanol–water partition coefficient (Wildman–Crippen LogP) is 4.59. The molecule has 4 rings (SSSR count). The molecule has 0 aliphatic rings. The van der Waals surface area contributed by atoms with E-state index in [1.165, 1.54) is 12.1 Å². The molecule has 1 N–H and O–H groups in total. The number of imidazole rings is 1. The Morgan fingerprint density at radius 1 is 1.12 bits per heavy atom. The van der Waals surface area contributed by atoms with Gasteiger partial charge < -0.3 is 9.30 Å². The smallest absolute Gasteiger partial charge is 0.231 e. The van der Waals surface area contributed by atoms with Gasteiger partial charge in [-0.25, -0.2) is 14.1 Å². The number of hydrogen-bond donors (Lipinski definition) is 1. The summed E-state index contributed by atoms with van der Waals surface area (Å²) in [6.45, 7) is 7.78. The summed E-state index contributed by atoms with van der Waals surface area (Å²) >= 11 is 0. The third-order valence-corrected chi connectivity index (χ3v) is 5.63. The maximum Gasteiger partial charge on any atom is 0.231 e. The largest absolute Gasteiger partial charge is 0.382 e. The lowest BCUT2D eigenvalue weighted by Gasteiger charge is -2.11. The molecule has 0 fully saturated rings. The second-order valence-electron chi connectivity index (χ2n) is 7.89. The molecule has 0 atom stereocenters. The van der Waals surface area contributed by atoms with Gasteiger partial charge in [-0.05, 0) is 63.6 Å². The highest BCUT2D eigenvalue weighted by molar-refractivity contribution is 5.93. The van der Waals surface area contributed by atoms with Crippen LogP contribution in [0.3, 0.4) is 0 Å². The van der Waals surface area contributed by atoms with Gasteiger partial charge in [0.15, 0.2) is 0 Å². The van der Waals surface area contributed by atoms with E-state index >= 15 is 0 Å². The molecule has 2 aromatic carbocycles. The Bertz CT molecular complexity index is 1260. The number of amides is 1. The number of para-hydroxylation sites is 2. The van der Waals surface area contributed by atoms with Crippen molar-refractivity contribution in [3.05, 3.63) is 71.3 Å². The summed E-state index contributed by atoms with van der Waals surface area (Å²) in [5.74, 6) is 0.0594. The Balaban J connectivity index is 1.54. The summed E-state index contributed by atoms with van der Waals surface area (Å²) < 4.78 is 22.5. The van der Waals surface area contributed by atoms with Crippen molar-refractivity contribution in [1.29, 1.82) is 0 Å². The Morgan fingerprint density at radius 2 is 1.88 bits per heavy atom. The Kier molecular flexibility index (Phi) is 6.84. The lowest BCUT2D eigenvalue weighted by atomic mass is 10.1. The van der Waals surface area contributed by atoms with Crippen LogP contribution < -0.4 is 5.32 Å². The lowest BCUT2D eigenvalue weighted by molar-refractivity contribution is -0.115. The van der Waals surface area contributed by atoms with Crippen molar-refractivity contribution in [1.82, 2.24) is 19.3 Å². The predicted molar refractivity (Wildman–Crippen MR) is 126 cm³/mol. The van der Waals surface area contributed by atoms with Crippen LogP contribution in [0.1, 0.15) is 30.3 Å². The summed E-state index contributed by atoms with van der Waals surface area (Å²) in [5, 5.41) is 7.55. The number of aryl methyl sites for hydroxylation is 2. The second kappa shape index (κ2) is 9.95. The average molecular weight is 450 g/mol. The number of benzene rings is 2. The molecule has 8 heteroatoms. The van der Waals surface area contributed by atoms with Crippen molar-refractivity contribution in [3.63, 3.8) is 0 Å². The summed E-state index contributed by atoms with van der Waals surface area (Å²) in [6, 6.07) is 14.0. The highest BCUT2D eigenvalue weighted by Crippen LogP contribution is 2.22. The minimum atomic E-state index is -0.302. The average Bonchev–Trinajstić information content (AvgIpc) is 3.29. The number of nitrogens with one attached hydrogen (secondary N) is 1. The quantitative estimate of drug-likeness (QED) is 0.380. The number of hydrogen-bond acceptors (Lipinski definition) is 4. The molecule has 0 spiro atoms. The van der Waals surface area contributed by atoms with E-state index in [-0.39, 0.29) is 18.1 Å². The fraction of sp³-hybridized carbons (Fsp3) is 0.320. The molecule has 2 aromatic heterocycles. The number of aromatic nitrogens is 4. The van der Waals surface area contributed by atoms with Crippen molar-refractivity contribution >= 4 is 22.9 Å². The van der Waals surface area contributed by atoms with Crippen LogP contribution in [0.5, 0.6) is 0 Å². The summed E-state index contributed by atoms with van der Waals surface area (Å²) in [5.41, 5.74) is 5.01. The van der Waals surface area contributed by atoms with Crippen LogP contribution in [0, 0.1) is 19.7 Å². The van der Waals surface area contributed by atoms with Gasteiger partial charge in [-0.1, -0.05) is 12.1 Å². The molecule has 4 aromatic rings.